The van der Waals surface area contributed by atoms with E-state index in [1.165, 1.54) is 0 Å². The molecule has 2 aromatic rings. The number of carboxylic acid groups (broad SMARTS) is 1. The fourth-order valence-corrected chi connectivity index (χ4v) is 3.28. The Labute approximate surface area is 160 Å². The summed E-state index contributed by atoms with van der Waals surface area (Å²) in [5.41, 5.74) is 5.12. The van der Waals surface area contributed by atoms with Gasteiger partial charge in [-0.1, -0.05) is 36.8 Å². The van der Waals surface area contributed by atoms with E-state index in [2.05, 4.69) is 10.4 Å². The molecule has 1 aromatic carbocycles. The zero-order valence-corrected chi connectivity index (χ0v) is 16.7. The Morgan fingerprint density at radius 2 is 1.93 bits per heavy atom. The number of amides is 1. The highest BCUT2D eigenvalue weighted by Crippen LogP contribution is 2.17. The Balaban J connectivity index is 1.95. The van der Waals surface area contributed by atoms with Crippen LogP contribution >= 0.6 is 0 Å². The number of benzene rings is 1. The molecule has 6 heteroatoms. The van der Waals surface area contributed by atoms with E-state index in [-0.39, 0.29) is 18.4 Å². The van der Waals surface area contributed by atoms with E-state index < -0.39 is 11.9 Å². The van der Waals surface area contributed by atoms with Gasteiger partial charge < -0.3 is 10.4 Å². The summed E-state index contributed by atoms with van der Waals surface area (Å²) >= 11 is 0. The largest absolute Gasteiger partial charge is 0.481 e. The summed E-state index contributed by atoms with van der Waals surface area (Å²) in [5.74, 6) is -1.93. The van der Waals surface area contributed by atoms with E-state index in [1.807, 2.05) is 63.7 Å². The van der Waals surface area contributed by atoms with Crippen molar-refractivity contribution >= 4 is 11.9 Å². The zero-order chi connectivity index (χ0) is 20.1. The number of aliphatic carboxylic acids is 1. The molecule has 0 spiro atoms. The topological polar surface area (TPSA) is 84.2 Å². The molecule has 0 aliphatic rings. The van der Waals surface area contributed by atoms with Crippen LogP contribution in [0.1, 0.15) is 35.0 Å². The van der Waals surface area contributed by atoms with Crippen molar-refractivity contribution < 1.29 is 14.7 Å². The average Bonchev–Trinajstić information content (AvgIpc) is 2.84. The summed E-state index contributed by atoms with van der Waals surface area (Å²) in [6, 6.07) is 7.80. The fraction of sp³-hybridized carbons (Fsp3) is 0.476. The van der Waals surface area contributed by atoms with Gasteiger partial charge in [0.1, 0.15) is 0 Å². The third-order valence-electron chi connectivity index (χ3n) is 5.05. The van der Waals surface area contributed by atoms with Gasteiger partial charge in [0.05, 0.1) is 11.6 Å². The molecule has 0 saturated carbocycles. The lowest BCUT2D eigenvalue weighted by Crippen LogP contribution is -2.37. The summed E-state index contributed by atoms with van der Waals surface area (Å²) in [5, 5.41) is 16.7. The molecule has 0 aliphatic heterocycles. The molecule has 6 nitrogen and oxygen atoms in total. The Morgan fingerprint density at radius 3 is 2.48 bits per heavy atom. The molecule has 1 aromatic heterocycles. The second-order valence-corrected chi connectivity index (χ2v) is 7.35. The van der Waals surface area contributed by atoms with Crippen molar-refractivity contribution in [3.05, 3.63) is 52.3 Å². The smallest absolute Gasteiger partial charge is 0.308 e. The van der Waals surface area contributed by atoms with Crippen LogP contribution in [0.4, 0.5) is 0 Å². The van der Waals surface area contributed by atoms with E-state index in [4.69, 9.17) is 0 Å². The third kappa shape index (κ3) is 5.42. The number of rotatable bonds is 8. The SMILES string of the molecule is Cc1cccc(CC(CNC(=O)C(C)Cc2c(C)nn(C)c2C)C(=O)O)c1. The third-order valence-corrected chi connectivity index (χ3v) is 5.05. The molecule has 2 unspecified atom stereocenters. The van der Waals surface area contributed by atoms with Gasteiger partial charge in [-0.3, -0.25) is 14.3 Å². The van der Waals surface area contributed by atoms with Gasteiger partial charge in [-0.2, -0.15) is 5.10 Å². The first-order valence-corrected chi connectivity index (χ1v) is 9.24. The van der Waals surface area contributed by atoms with Crippen LogP contribution in [0.25, 0.3) is 0 Å². The number of hydrogen-bond donors (Lipinski definition) is 2. The van der Waals surface area contributed by atoms with Crippen molar-refractivity contribution in [2.75, 3.05) is 6.54 Å². The number of carboxylic acids is 1. The number of aromatic nitrogens is 2. The molecule has 146 valence electrons. The van der Waals surface area contributed by atoms with Gasteiger partial charge in [0.15, 0.2) is 0 Å². The number of carbonyl (C=O) groups excluding carboxylic acids is 1. The van der Waals surface area contributed by atoms with Gasteiger partial charge in [-0.25, -0.2) is 0 Å². The highest BCUT2D eigenvalue weighted by atomic mass is 16.4. The second kappa shape index (κ2) is 8.84. The highest BCUT2D eigenvalue weighted by molar-refractivity contribution is 5.79. The maximum absolute atomic E-state index is 12.5. The molecule has 2 rings (SSSR count). The summed E-state index contributed by atoms with van der Waals surface area (Å²) in [4.78, 5) is 24.1. The van der Waals surface area contributed by atoms with Gasteiger partial charge in [-0.15, -0.1) is 0 Å². The lowest BCUT2D eigenvalue weighted by atomic mass is 9.96. The minimum Gasteiger partial charge on any atom is -0.481 e. The first-order valence-electron chi connectivity index (χ1n) is 9.24. The van der Waals surface area contributed by atoms with Crippen LogP contribution in [0.2, 0.25) is 0 Å². The van der Waals surface area contributed by atoms with Crippen LogP contribution in [0.5, 0.6) is 0 Å². The second-order valence-electron chi connectivity index (χ2n) is 7.35. The normalized spacial score (nSPS) is 13.2. The Bertz CT molecular complexity index is 826. The average molecular weight is 371 g/mol. The number of hydrogen-bond acceptors (Lipinski definition) is 3. The number of carbonyl (C=O) groups is 2. The van der Waals surface area contributed by atoms with Crippen LogP contribution in [0.15, 0.2) is 24.3 Å². The summed E-state index contributed by atoms with van der Waals surface area (Å²) < 4.78 is 1.82. The maximum Gasteiger partial charge on any atom is 0.308 e. The van der Waals surface area contributed by atoms with E-state index in [0.29, 0.717) is 12.8 Å². The predicted octanol–water partition coefficient (Wildman–Crippen LogP) is 2.58. The van der Waals surface area contributed by atoms with E-state index in [9.17, 15) is 14.7 Å². The molecule has 0 bridgehead atoms. The van der Waals surface area contributed by atoms with Gasteiger partial charge in [0.25, 0.3) is 0 Å². The van der Waals surface area contributed by atoms with Gasteiger partial charge >= 0.3 is 5.97 Å². The van der Waals surface area contributed by atoms with Gasteiger partial charge in [-0.05, 0) is 44.7 Å². The Hall–Kier alpha value is -2.63. The summed E-state index contributed by atoms with van der Waals surface area (Å²) in [6.07, 6.45) is 0.986. The van der Waals surface area contributed by atoms with E-state index >= 15 is 0 Å². The molecular formula is C21H29N3O3. The van der Waals surface area contributed by atoms with Crippen LogP contribution in [0.3, 0.4) is 0 Å². The van der Waals surface area contributed by atoms with E-state index in [0.717, 1.165) is 28.1 Å². The van der Waals surface area contributed by atoms with Crippen LogP contribution in [-0.4, -0.2) is 33.3 Å². The van der Waals surface area contributed by atoms with Crippen LogP contribution in [-0.2, 0) is 29.5 Å². The molecular weight excluding hydrogens is 342 g/mol. The van der Waals surface area contributed by atoms with Crippen molar-refractivity contribution in [1.29, 1.82) is 0 Å². The standard InChI is InChI=1S/C21H29N3O3/c1-13-7-6-8-17(9-13)11-18(21(26)27)12-22-20(25)14(2)10-19-15(3)23-24(5)16(19)4/h6-9,14,18H,10-12H2,1-5H3,(H,22,25)(H,26,27). The van der Waals surface area contributed by atoms with E-state index in [1.54, 1.807) is 0 Å². The maximum atomic E-state index is 12.5. The monoisotopic (exact) mass is 371 g/mol. The molecule has 1 heterocycles. The van der Waals surface area contributed by atoms with Crippen LogP contribution < -0.4 is 5.32 Å². The first-order chi connectivity index (χ1) is 12.7. The molecule has 1 amide bonds. The molecule has 0 fully saturated rings. The minimum atomic E-state index is -0.900. The summed E-state index contributed by atoms with van der Waals surface area (Å²) in [7, 11) is 1.89. The Kier molecular flexibility index (Phi) is 6.77. The quantitative estimate of drug-likeness (QED) is 0.747. The van der Waals surface area contributed by atoms with Crippen molar-refractivity contribution in [1.82, 2.24) is 15.1 Å². The Morgan fingerprint density at radius 1 is 1.22 bits per heavy atom. The lowest BCUT2D eigenvalue weighted by Gasteiger charge is -2.17. The van der Waals surface area contributed by atoms with Crippen molar-refractivity contribution in [2.45, 2.75) is 40.5 Å². The number of aryl methyl sites for hydroxylation is 3. The van der Waals surface area contributed by atoms with Crippen molar-refractivity contribution in [2.24, 2.45) is 18.9 Å². The molecule has 0 radical (unpaired) electrons. The predicted molar refractivity (Wildman–Crippen MR) is 105 cm³/mol. The van der Waals surface area contributed by atoms with Crippen LogP contribution in [0, 0.1) is 32.6 Å². The highest BCUT2D eigenvalue weighted by Gasteiger charge is 2.22. The number of nitrogens with zero attached hydrogens (tertiary/aromatic N) is 2. The summed E-state index contributed by atoms with van der Waals surface area (Å²) in [6.45, 7) is 7.89. The molecule has 2 atom stereocenters. The zero-order valence-electron chi connectivity index (χ0n) is 16.7. The minimum absolute atomic E-state index is 0.122. The van der Waals surface area contributed by atoms with Crippen molar-refractivity contribution in [3.63, 3.8) is 0 Å². The van der Waals surface area contributed by atoms with Crippen molar-refractivity contribution in [3.8, 4) is 0 Å². The first kappa shape index (κ1) is 20.7. The molecule has 27 heavy (non-hydrogen) atoms. The lowest BCUT2D eigenvalue weighted by molar-refractivity contribution is -0.141. The molecule has 0 saturated heterocycles. The fourth-order valence-electron chi connectivity index (χ4n) is 3.28. The van der Waals surface area contributed by atoms with Gasteiger partial charge in [0, 0.05) is 25.2 Å². The number of nitrogens with one attached hydrogen (secondary N) is 1. The molecule has 0 aliphatic carbocycles. The molecule has 2 N–H and O–H groups in total. The van der Waals surface area contributed by atoms with Gasteiger partial charge in [0.2, 0.25) is 5.91 Å².